The third-order valence-electron chi connectivity index (χ3n) is 7.58. The van der Waals surface area contributed by atoms with Crippen molar-refractivity contribution in [3.63, 3.8) is 0 Å². The first-order valence-electron chi connectivity index (χ1n) is 15.7. The number of carboxylic acid groups (broad SMARTS) is 1. The summed E-state index contributed by atoms with van der Waals surface area (Å²) in [4.78, 5) is 10.2. The van der Waals surface area contributed by atoms with Crippen molar-refractivity contribution >= 4 is 13.1 Å². The molecular weight excluding hydrogens is 591 g/mol. The van der Waals surface area contributed by atoms with Gasteiger partial charge in [-0.2, -0.15) is 0 Å². The Morgan fingerprint density at radius 2 is 0.864 bits per heavy atom. The fourth-order valence-electron chi connectivity index (χ4n) is 4.87. The quantitative estimate of drug-likeness (QED) is 0.176. The van der Waals surface area contributed by atoms with E-state index in [1.54, 1.807) is 30.3 Å². The second kappa shape index (κ2) is 15.8. The first-order chi connectivity index (χ1) is 20.1. The van der Waals surface area contributed by atoms with Crippen LogP contribution in [-0.4, -0.2) is 47.3 Å². The molecule has 44 heavy (non-hydrogen) atoms. The van der Waals surface area contributed by atoms with Gasteiger partial charge in [-0.25, -0.2) is 20.1 Å². The van der Waals surface area contributed by atoms with E-state index in [9.17, 15) is 4.79 Å². The van der Waals surface area contributed by atoms with Gasteiger partial charge in [0.1, 0.15) is 0 Å². The number of carbonyl (C=O) groups is 1. The van der Waals surface area contributed by atoms with Crippen LogP contribution in [0.5, 0.6) is 0 Å². The summed E-state index contributed by atoms with van der Waals surface area (Å²) < 4.78 is 6.56. The number of nitrogens with zero attached hydrogens (tertiary/aromatic N) is 6. The topological polar surface area (TPSA) is 90.8 Å². The zero-order chi connectivity index (χ0) is 32.2. The minimum absolute atomic E-state index is 0. The van der Waals surface area contributed by atoms with Crippen molar-refractivity contribution in [1.82, 2.24) is 29.1 Å². The van der Waals surface area contributed by atoms with E-state index < -0.39 is 5.97 Å². The van der Waals surface area contributed by atoms with E-state index in [0.29, 0.717) is 41.1 Å². The SMILES string of the molecule is CC(C)c1cc(C(C)C)n([B-](n2nc(C(C)C)cc2C(C)C)n2nc(C(C)C)cc2C(C)C)n1.O=C(O)c1ccccc1.[Fe]. The van der Waals surface area contributed by atoms with Crippen LogP contribution in [0.25, 0.3) is 0 Å². The Balaban J connectivity index is 0.000000579. The zero-order valence-electron chi connectivity index (χ0n) is 28.6. The van der Waals surface area contributed by atoms with Gasteiger partial charge in [0.15, 0.2) is 0 Å². The van der Waals surface area contributed by atoms with E-state index in [1.165, 1.54) is 17.1 Å². The van der Waals surface area contributed by atoms with Crippen LogP contribution < -0.4 is 0 Å². The zero-order valence-corrected chi connectivity index (χ0v) is 29.7. The van der Waals surface area contributed by atoms with Crippen molar-refractivity contribution in [2.24, 2.45) is 0 Å². The molecule has 0 saturated heterocycles. The Kier molecular flexibility index (Phi) is 13.3. The van der Waals surface area contributed by atoms with E-state index in [1.807, 2.05) is 0 Å². The van der Waals surface area contributed by atoms with Crippen LogP contribution in [0.1, 0.15) is 163 Å². The average molecular weight is 642 g/mol. The first kappa shape index (κ1) is 37.1. The molecule has 0 spiro atoms. The van der Waals surface area contributed by atoms with Crippen LogP contribution in [-0.2, 0) is 17.1 Å². The summed E-state index contributed by atoms with van der Waals surface area (Å²) >= 11 is 0. The number of benzene rings is 1. The molecular formula is C34H51BFeN6O2-. The summed E-state index contributed by atoms with van der Waals surface area (Å²) in [5.41, 5.74) is 7.29. The molecule has 0 aliphatic carbocycles. The monoisotopic (exact) mass is 642 g/mol. The molecule has 0 aliphatic rings. The third kappa shape index (κ3) is 8.54. The van der Waals surface area contributed by atoms with Gasteiger partial charge in [0.05, 0.1) is 22.6 Å². The van der Waals surface area contributed by atoms with Crippen molar-refractivity contribution in [3.8, 4) is 0 Å². The second-order valence-electron chi connectivity index (χ2n) is 13.3. The molecule has 0 aliphatic heterocycles. The molecule has 1 radical (unpaired) electrons. The Labute approximate surface area is 275 Å². The number of hydrogen-bond donors (Lipinski definition) is 1. The van der Waals surface area contributed by atoms with Crippen molar-refractivity contribution in [1.29, 1.82) is 0 Å². The van der Waals surface area contributed by atoms with E-state index in [0.717, 1.165) is 17.1 Å². The predicted octanol–water partition coefficient (Wildman–Crippen LogP) is 8.33. The van der Waals surface area contributed by atoms with E-state index >= 15 is 0 Å². The molecule has 0 bridgehead atoms. The van der Waals surface area contributed by atoms with E-state index in [4.69, 9.17) is 20.4 Å². The predicted molar refractivity (Wildman–Crippen MR) is 177 cm³/mol. The van der Waals surface area contributed by atoms with Crippen LogP contribution in [0.4, 0.5) is 0 Å². The molecule has 3 heterocycles. The molecule has 1 aromatic carbocycles. The summed E-state index contributed by atoms with van der Waals surface area (Å²) in [6.07, 6.45) is 0. The molecule has 0 fully saturated rings. The van der Waals surface area contributed by atoms with Crippen LogP contribution in [0.3, 0.4) is 0 Å². The molecule has 0 atom stereocenters. The molecule has 0 unspecified atom stereocenters. The first-order valence-corrected chi connectivity index (χ1v) is 15.7. The minimum Gasteiger partial charge on any atom is -0.478 e. The van der Waals surface area contributed by atoms with Gasteiger partial charge in [0.25, 0.3) is 7.12 Å². The second-order valence-corrected chi connectivity index (χ2v) is 13.3. The number of aromatic carboxylic acids is 1. The number of rotatable bonds is 10. The maximum absolute atomic E-state index is 10.2. The van der Waals surface area contributed by atoms with Crippen LogP contribution in [0.2, 0.25) is 0 Å². The molecule has 1 N–H and O–H groups in total. The largest absolute Gasteiger partial charge is 0.478 e. The number of aromatic nitrogens is 6. The van der Waals surface area contributed by atoms with E-state index in [2.05, 4.69) is 115 Å². The fourth-order valence-corrected chi connectivity index (χ4v) is 4.87. The van der Waals surface area contributed by atoms with Crippen LogP contribution in [0.15, 0.2) is 48.5 Å². The summed E-state index contributed by atoms with van der Waals surface area (Å²) in [7, 11) is -0.292. The van der Waals surface area contributed by atoms with Gasteiger partial charge >= 0.3 is 5.97 Å². The van der Waals surface area contributed by atoms with Crippen molar-refractivity contribution in [3.05, 3.63) is 88.3 Å². The molecule has 8 nitrogen and oxygen atoms in total. The molecule has 241 valence electrons. The standard InChI is InChI=1S/C27H45BN6.C7H6O2.Fe/c1-16(2)22-13-25(19(7)8)32(29-22)28(33-26(20(9)10)14-23(30-33)17(3)4)34-27(21(11)12)15-24(31-34)18(5)6;8-7(9)6-4-2-1-3-5-6;/h13-21H,1-12H3;1-5H,(H,8,9);/q-1;;. The minimum atomic E-state index is -0.879. The average Bonchev–Trinajstić information content (AvgIpc) is 3.68. The fraction of sp³-hybridized carbons (Fsp3) is 0.529. The maximum atomic E-state index is 10.2. The Bertz CT molecular complexity index is 1350. The van der Waals surface area contributed by atoms with E-state index in [-0.39, 0.29) is 24.2 Å². The molecule has 10 heteroatoms. The smallest absolute Gasteiger partial charge is 0.335 e. The van der Waals surface area contributed by atoms with Crippen molar-refractivity contribution in [2.75, 3.05) is 0 Å². The Morgan fingerprint density at radius 3 is 1.07 bits per heavy atom. The molecule has 0 saturated carbocycles. The third-order valence-corrected chi connectivity index (χ3v) is 7.58. The Hall–Kier alpha value is -3.10. The maximum Gasteiger partial charge on any atom is 0.335 e. The summed E-state index contributed by atoms with van der Waals surface area (Å²) in [5, 5.41) is 23.9. The van der Waals surface area contributed by atoms with Gasteiger partial charge in [0, 0.05) is 17.1 Å². The normalized spacial score (nSPS) is 11.7. The molecule has 4 rings (SSSR count). The Morgan fingerprint density at radius 1 is 0.568 bits per heavy atom. The molecule has 0 amide bonds. The molecule has 3 aromatic heterocycles. The number of carboxylic acids is 1. The van der Waals surface area contributed by atoms with Gasteiger partial charge < -0.3 is 18.9 Å². The van der Waals surface area contributed by atoms with Gasteiger partial charge in [-0.1, -0.05) is 101 Å². The van der Waals surface area contributed by atoms with Crippen LogP contribution in [0, 0.1) is 0 Å². The van der Waals surface area contributed by atoms with Gasteiger partial charge in [-0.3, -0.25) is 0 Å². The van der Waals surface area contributed by atoms with Crippen molar-refractivity contribution < 1.29 is 27.0 Å². The van der Waals surface area contributed by atoms with Gasteiger partial charge in [0.2, 0.25) is 0 Å². The van der Waals surface area contributed by atoms with Crippen molar-refractivity contribution in [2.45, 2.75) is 119 Å². The summed E-state index contributed by atoms with van der Waals surface area (Å²) in [6.45, 7) is 26.7. The van der Waals surface area contributed by atoms with Gasteiger partial charge in [-0.15, -0.1) is 0 Å². The van der Waals surface area contributed by atoms with Crippen LogP contribution >= 0.6 is 0 Å². The van der Waals surface area contributed by atoms with Gasteiger partial charge in [-0.05, 0) is 82.9 Å². The summed E-state index contributed by atoms with van der Waals surface area (Å²) in [5.74, 6) is 1.15. The molecule has 4 aromatic rings. The summed E-state index contributed by atoms with van der Waals surface area (Å²) in [6, 6.07) is 15.1. The number of hydrogen-bond acceptors (Lipinski definition) is 4.